The summed E-state index contributed by atoms with van der Waals surface area (Å²) in [5.74, 6) is 1.97. The molecule has 2 heterocycles. The van der Waals surface area contributed by atoms with Gasteiger partial charge in [0, 0.05) is 31.0 Å². The van der Waals surface area contributed by atoms with E-state index < -0.39 is 0 Å². The van der Waals surface area contributed by atoms with E-state index in [4.69, 9.17) is 9.26 Å². The first-order valence-electron chi connectivity index (χ1n) is 8.44. The van der Waals surface area contributed by atoms with Gasteiger partial charge >= 0.3 is 0 Å². The minimum absolute atomic E-state index is 0.366. The maximum Gasteiger partial charge on any atom is 0.137 e. The fourth-order valence-corrected chi connectivity index (χ4v) is 3.07. The Labute approximate surface area is 138 Å². The fourth-order valence-electron chi connectivity index (χ4n) is 3.07. The van der Waals surface area contributed by atoms with Crippen molar-refractivity contribution in [3.05, 3.63) is 52.9 Å². The van der Waals surface area contributed by atoms with Gasteiger partial charge in [-0.05, 0) is 24.0 Å². The Balaban J connectivity index is 1.54. The van der Waals surface area contributed by atoms with Gasteiger partial charge in [-0.25, -0.2) is 0 Å². The van der Waals surface area contributed by atoms with Crippen LogP contribution in [-0.2, 0) is 17.7 Å². The highest BCUT2D eigenvalue weighted by Crippen LogP contribution is 2.20. The molecule has 0 bridgehead atoms. The molecular weight excluding hydrogens is 288 g/mol. The normalized spacial score (nSPS) is 21.2. The topological polar surface area (TPSA) is 47.3 Å². The third-order valence-corrected chi connectivity index (χ3v) is 4.55. The van der Waals surface area contributed by atoms with Crippen LogP contribution >= 0.6 is 0 Å². The second-order valence-corrected chi connectivity index (χ2v) is 6.82. The van der Waals surface area contributed by atoms with E-state index in [0.717, 1.165) is 37.6 Å². The monoisotopic (exact) mass is 314 g/mol. The van der Waals surface area contributed by atoms with E-state index in [-0.39, 0.29) is 0 Å². The van der Waals surface area contributed by atoms with Gasteiger partial charge in [0.15, 0.2) is 0 Å². The Morgan fingerprint density at radius 1 is 1.22 bits per heavy atom. The largest absolute Gasteiger partial charge is 0.379 e. The van der Waals surface area contributed by atoms with Crippen LogP contribution in [0.2, 0.25) is 0 Å². The van der Waals surface area contributed by atoms with Gasteiger partial charge in [0.25, 0.3) is 0 Å². The van der Waals surface area contributed by atoms with Crippen molar-refractivity contribution in [3.8, 4) is 0 Å². The van der Waals surface area contributed by atoms with E-state index in [0.29, 0.717) is 17.9 Å². The summed E-state index contributed by atoms with van der Waals surface area (Å²) in [6, 6.07) is 11.3. The van der Waals surface area contributed by atoms with E-state index in [1.807, 2.05) is 13.0 Å². The Kier molecular flexibility index (Phi) is 5.13. The Bertz CT molecular complexity index is 619. The molecule has 1 saturated heterocycles. The van der Waals surface area contributed by atoms with Gasteiger partial charge in [0.1, 0.15) is 5.76 Å². The van der Waals surface area contributed by atoms with E-state index in [1.54, 1.807) is 0 Å². The SMILES string of the molecule is Cc1cc(C[C@@H]2COC[C@H]2NCc2ccc(C(C)C)cc2)on1. The highest BCUT2D eigenvalue weighted by Gasteiger charge is 2.29. The summed E-state index contributed by atoms with van der Waals surface area (Å²) in [7, 11) is 0. The zero-order valence-corrected chi connectivity index (χ0v) is 14.2. The summed E-state index contributed by atoms with van der Waals surface area (Å²) in [5, 5.41) is 7.60. The molecule has 1 fully saturated rings. The van der Waals surface area contributed by atoms with Crippen molar-refractivity contribution in [1.29, 1.82) is 0 Å². The lowest BCUT2D eigenvalue weighted by atomic mass is 9.97. The van der Waals surface area contributed by atoms with Gasteiger partial charge in [-0.15, -0.1) is 0 Å². The Morgan fingerprint density at radius 2 is 2.00 bits per heavy atom. The first kappa shape index (κ1) is 16.2. The number of aromatic nitrogens is 1. The summed E-state index contributed by atoms with van der Waals surface area (Å²) in [5.41, 5.74) is 3.64. The van der Waals surface area contributed by atoms with Gasteiger partial charge in [-0.2, -0.15) is 0 Å². The number of ether oxygens (including phenoxy) is 1. The predicted octanol–water partition coefficient (Wildman–Crippen LogP) is 3.45. The number of rotatable bonds is 6. The highest BCUT2D eigenvalue weighted by molar-refractivity contribution is 5.24. The molecule has 1 aliphatic rings. The minimum atomic E-state index is 0.366. The second kappa shape index (κ2) is 7.28. The number of hydrogen-bond acceptors (Lipinski definition) is 4. The van der Waals surface area contributed by atoms with Crippen LogP contribution < -0.4 is 5.32 Å². The van der Waals surface area contributed by atoms with E-state index in [1.165, 1.54) is 11.1 Å². The summed E-state index contributed by atoms with van der Waals surface area (Å²) < 4.78 is 11.0. The van der Waals surface area contributed by atoms with Crippen molar-refractivity contribution >= 4 is 0 Å². The molecule has 0 saturated carbocycles. The lowest BCUT2D eigenvalue weighted by Crippen LogP contribution is -2.36. The molecule has 1 aromatic heterocycles. The molecule has 1 aliphatic heterocycles. The summed E-state index contributed by atoms with van der Waals surface area (Å²) in [4.78, 5) is 0. The third-order valence-electron chi connectivity index (χ3n) is 4.55. The van der Waals surface area contributed by atoms with Crippen LogP contribution in [0.1, 0.15) is 42.3 Å². The predicted molar refractivity (Wildman–Crippen MR) is 90.4 cm³/mol. The van der Waals surface area contributed by atoms with Gasteiger partial charge in [-0.1, -0.05) is 43.3 Å². The van der Waals surface area contributed by atoms with Crippen molar-refractivity contribution in [2.24, 2.45) is 5.92 Å². The lowest BCUT2D eigenvalue weighted by Gasteiger charge is -2.18. The summed E-state index contributed by atoms with van der Waals surface area (Å²) >= 11 is 0. The number of benzene rings is 1. The molecule has 0 aliphatic carbocycles. The van der Waals surface area contributed by atoms with Gasteiger partial charge < -0.3 is 14.6 Å². The maximum absolute atomic E-state index is 5.66. The average molecular weight is 314 g/mol. The second-order valence-electron chi connectivity index (χ2n) is 6.82. The molecule has 124 valence electrons. The van der Waals surface area contributed by atoms with E-state index >= 15 is 0 Å². The number of aryl methyl sites for hydroxylation is 1. The molecule has 0 spiro atoms. The average Bonchev–Trinajstić information content (AvgIpc) is 3.15. The zero-order chi connectivity index (χ0) is 16.2. The van der Waals surface area contributed by atoms with Crippen molar-refractivity contribution in [1.82, 2.24) is 10.5 Å². The quantitative estimate of drug-likeness (QED) is 0.887. The molecular formula is C19H26N2O2. The zero-order valence-electron chi connectivity index (χ0n) is 14.2. The van der Waals surface area contributed by atoms with Crippen molar-refractivity contribution in [3.63, 3.8) is 0 Å². The molecule has 1 N–H and O–H groups in total. The molecule has 4 heteroatoms. The summed E-state index contributed by atoms with van der Waals surface area (Å²) in [6.45, 7) is 8.82. The van der Waals surface area contributed by atoms with Crippen molar-refractivity contribution in [2.75, 3.05) is 13.2 Å². The number of nitrogens with one attached hydrogen (secondary N) is 1. The first-order chi connectivity index (χ1) is 11.1. The number of nitrogens with zero attached hydrogens (tertiary/aromatic N) is 1. The first-order valence-corrected chi connectivity index (χ1v) is 8.44. The molecule has 0 unspecified atom stereocenters. The molecule has 2 atom stereocenters. The highest BCUT2D eigenvalue weighted by atomic mass is 16.5. The third kappa shape index (κ3) is 4.21. The van der Waals surface area contributed by atoms with Gasteiger partial charge in [-0.3, -0.25) is 0 Å². The standard InChI is InChI=1S/C19H26N2O2/c1-13(2)16-6-4-15(5-7-16)10-20-19-12-22-11-17(19)9-18-8-14(3)21-23-18/h4-8,13,17,19-20H,9-12H2,1-3H3/t17-,19-/m1/s1. The molecule has 3 rings (SSSR count). The Morgan fingerprint density at radius 3 is 2.65 bits per heavy atom. The molecule has 2 aromatic rings. The van der Waals surface area contributed by atoms with Crippen LogP contribution in [0.4, 0.5) is 0 Å². The van der Waals surface area contributed by atoms with Gasteiger partial charge in [0.2, 0.25) is 0 Å². The minimum Gasteiger partial charge on any atom is -0.379 e. The molecule has 0 radical (unpaired) electrons. The van der Waals surface area contributed by atoms with Crippen LogP contribution in [0.15, 0.2) is 34.9 Å². The molecule has 0 amide bonds. The smallest absolute Gasteiger partial charge is 0.137 e. The molecule has 23 heavy (non-hydrogen) atoms. The van der Waals surface area contributed by atoms with Crippen LogP contribution in [0.25, 0.3) is 0 Å². The van der Waals surface area contributed by atoms with Gasteiger partial charge in [0.05, 0.1) is 18.9 Å². The lowest BCUT2D eigenvalue weighted by molar-refractivity contribution is 0.181. The van der Waals surface area contributed by atoms with E-state index in [9.17, 15) is 0 Å². The van der Waals surface area contributed by atoms with Crippen LogP contribution in [-0.4, -0.2) is 24.4 Å². The van der Waals surface area contributed by atoms with Crippen LogP contribution in [0.5, 0.6) is 0 Å². The van der Waals surface area contributed by atoms with Crippen LogP contribution in [0.3, 0.4) is 0 Å². The van der Waals surface area contributed by atoms with Crippen LogP contribution in [0, 0.1) is 12.8 Å². The van der Waals surface area contributed by atoms with Crippen molar-refractivity contribution < 1.29 is 9.26 Å². The molecule has 1 aromatic carbocycles. The Hall–Kier alpha value is -1.65. The van der Waals surface area contributed by atoms with E-state index in [2.05, 4.69) is 48.6 Å². The fraction of sp³-hybridized carbons (Fsp3) is 0.526. The number of hydrogen-bond donors (Lipinski definition) is 1. The van der Waals surface area contributed by atoms with Crippen molar-refractivity contribution in [2.45, 2.75) is 45.7 Å². The maximum atomic E-state index is 5.66. The molecule has 4 nitrogen and oxygen atoms in total. The summed E-state index contributed by atoms with van der Waals surface area (Å²) in [6.07, 6.45) is 0.880.